The van der Waals surface area contributed by atoms with Gasteiger partial charge in [0.2, 0.25) is 0 Å². The Kier molecular flexibility index (Phi) is 2.46. The van der Waals surface area contributed by atoms with E-state index in [1.165, 1.54) is 0 Å². The summed E-state index contributed by atoms with van der Waals surface area (Å²) in [4.78, 5) is 22.7. The Hall–Kier alpha value is -0.920. The van der Waals surface area contributed by atoms with Gasteiger partial charge in [0.1, 0.15) is 0 Å². The van der Waals surface area contributed by atoms with Crippen LogP contribution in [0.15, 0.2) is 11.1 Å². The third-order valence-electron chi connectivity index (χ3n) is 2.47. The van der Waals surface area contributed by atoms with Crippen LogP contribution in [0.25, 0.3) is 0 Å². The van der Waals surface area contributed by atoms with E-state index in [0.29, 0.717) is 24.0 Å². The number of allylic oxidation sites excluding steroid dienone is 2. The summed E-state index contributed by atoms with van der Waals surface area (Å²) in [6, 6.07) is 0. The lowest BCUT2D eigenvalue weighted by molar-refractivity contribution is -0.116. The minimum absolute atomic E-state index is 0.130. The lowest BCUT2D eigenvalue weighted by atomic mass is 10.0. The maximum Gasteiger partial charge on any atom is 0.159 e. The van der Waals surface area contributed by atoms with Crippen molar-refractivity contribution in [2.45, 2.75) is 33.6 Å². The lowest BCUT2D eigenvalue weighted by Crippen LogP contribution is -2.04. The molecule has 0 aromatic rings. The number of hydrogen-bond donors (Lipinski definition) is 0. The van der Waals surface area contributed by atoms with Gasteiger partial charge in [-0.1, -0.05) is 6.92 Å². The van der Waals surface area contributed by atoms with Crippen LogP contribution in [0.1, 0.15) is 33.6 Å². The van der Waals surface area contributed by atoms with Crippen LogP contribution in [0.2, 0.25) is 0 Å². The quantitative estimate of drug-likeness (QED) is 0.550. The molecule has 0 unspecified atom stereocenters. The highest BCUT2D eigenvalue weighted by Gasteiger charge is 2.22. The number of ketones is 2. The van der Waals surface area contributed by atoms with Crippen molar-refractivity contribution >= 4 is 11.6 Å². The normalized spacial score (nSPS) is 21.6. The molecular weight excluding hydrogens is 152 g/mol. The predicted molar refractivity (Wildman–Crippen MR) is 46.8 cm³/mol. The van der Waals surface area contributed by atoms with E-state index in [0.717, 1.165) is 0 Å². The molecule has 12 heavy (non-hydrogen) atoms. The van der Waals surface area contributed by atoms with E-state index in [2.05, 4.69) is 0 Å². The second kappa shape index (κ2) is 3.21. The van der Waals surface area contributed by atoms with Gasteiger partial charge in [-0.2, -0.15) is 0 Å². The molecule has 0 saturated heterocycles. The second-order valence-electron chi connectivity index (χ2n) is 3.61. The molecule has 2 nitrogen and oxygen atoms in total. The number of Topliss-reactive ketones (excluding diaryl/α,β-unsaturated/α-hetero) is 2. The Morgan fingerprint density at radius 2 is 1.33 bits per heavy atom. The summed E-state index contributed by atoms with van der Waals surface area (Å²) in [5.74, 6) is 0.467. The third-order valence-corrected chi connectivity index (χ3v) is 2.47. The molecule has 0 heterocycles. The number of rotatable bonds is 0. The molecule has 1 rings (SSSR count). The van der Waals surface area contributed by atoms with Crippen LogP contribution in [0, 0.1) is 5.92 Å². The van der Waals surface area contributed by atoms with Crippen LogP contribution in [0.5, 0.6) is 0 Å². The summed E-state index contributed by atoms with van der Waals surface area (Å²) >= 11 is 0. The Bertz CT molecular complexity index is 235. The van der Waals surface area contributed by atoms with Gasteiger partial charge in [0.25, 0.3) is 0 Å². The first-order valence-corrected chi connectivity index (χ1v) is 4.26. The first-order valence-electron chi connectivity index (χ1n) is 4.26. The van der Waals surface area contributed by atoms with Crippen LogP contribution >= 0.6 is 0 Å². The maximum atomic E-state index is 11.4. The molecule has 1 aliphatic rings. The van der Waals surface area contributed by atoms with Crippen molar-refractivity contribution in [3.63, 3.8) is 0 Å². The highest BCUT2D eigenvalue weighted by molar-refractivity contribution is 6.07. The molecule has 0 N–H and O–H groups in total. The molecule has 0 bridgehead atoms. The summed E-state index contributed by atoms with van der Waals surface area (Å²) in [7, 11) is 0. The number of carbonyl (C=O) groups excluding carboxylic acids is 2. The van der Waals surface area contributed by atoms with E-state index in [-0.39, 0.29) is 17.5 Å². The summed E-state index contributed by atoms with van der Waals surface area (Å²) in [6.07, 6.45) is 1.05. The Labute approximate surface area is 72.7 Å². The van der Waals surface area contributed by atoms with Crippen LogP contribution in [0.4, 0.5) is 0 Å². The van der Waals surface area contributed by atoms with Crippen molar-refractivity contribution in [1.29, 1.82) is 0 Å². The standard InChI is InChI=1S/C10H14O2/c1-6-4-9(11)7(2)8(3)10(12)5-6/h6H,4-5H2,1-3H3. The molecule has 0 spiro atoms. The summed E-state index contributed by atoms with van der Waals surface area (Å²) in [5.41, 5.74) is 1.31. The molecule has 0 aromatic carbocycles. The minimum Gasteiger partial charge on any atom is -0.295 e. The Morgan fingerprint density at radius 1 is 1.00 bits per heavy atom. The van der Waals surface area contributed by atoms with Gasteiger partial charge >= 0.3 is 0 Å². The topological polar surface area (TPSA) is 34.1 Å². The van der Waals surface area contributed by atoms with Crippen LogP contribution in [-0.4, -0.2) is 11.6 Å². The fourth-order valence-corrected chi connectivity index (χ4v) is 1.43. The molecule has 0 aliphatic heterocycles. The lowest BCUT2D eigenvalue weighted by Gasteiger charge is -2.02. The monoisotopic (exact) mass is 166 g/mol. The van der Waals surface area contributed by atoms with Crippen LogP contribution in [-0.2, 0) is 9.59 Å². The average Bonchev–Trinajstić information content (AvgIpc) is 2.05. The van der Waals surface area contributed by atoms with Crippen molar-refractivity contribution < 1.29 is 9.59 Å². The van der Waals surface area contributed by atoms with Crippen molar-refractivity contribution in [3.05, 3.63) is 11.1 Å². The molecule has 66 valence electrons. The number of hydrogen-bond acceptors (Lipinski definition) is 2. The third kappa shape index (κ3) is 1.63. The van der Waals surface area contributed by atoms with Gasteiger partial charge in [0, 0.05) is 12.8 Å². The average molecular weight is 166 g/mol. The van der Waals surface area contributed by atoms with Gasteiger partial charge in [-0.3, -0.25) is 9.59 Å². The molecule has 0 atom stereocenters. The summed E-state index contributed by atoms with van der Waals surface area (Å²) < 4.78 is 0. The molecule has 2 heteroatoms. The Balaban J connectivity index is 3.01. The predicted octanol–water partition coefficient (Wildman–Crippen LogP) is 1.89. The van der Waals surface area contributed by atoms with E-state index in [9.17, 15) is 9.59 Å². The minimum atomic E-state index is 0.130. The molecule has 0 saturated carbocycles. The van der Waals surface area contributed by atoms with Crippen LogP contribution in [0.3, 0.4) is 0 Å². The van der Waals surface area contributed by atoms with E-state index < -0.39 is 0 Å². The summed E-state index contributed by atoms with van der Waals surface area (Å²) in [5, 5.41) is 0. The van der Waals surface area contributed by atoms with Gasteiger partial charge in [-0.25, -0.2) is 0 Å². The zero-order chi connectivity index (χ0) is 9.30. The van der Waals surface area contributed by atoms with E-state index >= 15 is 0 Å². The van der Waals surface area contributed by atoms with Crippen molar-refractivity contribution in [2.75, 3.05) is 0 Å². The fraction of sp³-hybridized carbons (Fsp3) is 0.600. The van der Waals surface area contributed by atoms with Gasteiger partial charge in [0.15, 0.2) is 11.6 Å². The Morgan fingerprint density at radius 3 is 1.67 bits per heavy atom. The SMILES string of the molecule is CC1=C(C)C(=O)CC(C)CC1=O. The zero-order valence-corrected chi connectivity index (χ0v) is 7.81. The molecule has 1 aliphatic carbocycles. The van der Waals surface area contributed by atoms with Gasteiger partial charge in [-0.15, -0.1) is 0 Å². The van der Waals surface area contributed by atoms with E-state index in [1.54, 1.807) is 13.8 Å². The van der Waals surface area contributed by atoms with E-state index in [4.69, 9.17) is 0 Å². The van der Waals surface area contributed by atoms with Crippen LogP contribution < -0.4 is 0 Å². The molecule has 0 radical (unpaired) electrons. The first-order chi connectivity index (χ1) is 5.52. The molecule has 0 aromatic heterocycles. The van der Waals surface area contributed by atoms with Gasteiger partial charge in [0.05, 0.1) is 0 Å². The first kappa shape index (κ1) is 9.17. The van der Waals surface area contributed by atoms with E-state index in [1.807, 2.05) is 6.92 Å². The van der Waals surface area contributed by atoms with Crippen molar-refractivity contribution in [3.8, 4) is 0 Å². The van der Waals surface area contributed by atoms with Crippen molar-refractivity contribution in [2.24, 2.45) is 5.92 Å². The second-order valence-corrected chi connectivity index (χ2v) is 3.61. The largest absolute Gasteiger partial charge is 0.295 e. The maximum absolute atomic E-state index is 11.4. The fourth-order valence-electron chi connectivity index (χ4n) is 1.43. The van der Waals surface area contributed by atoms with Gasteiger partial charge in [-0.05, 0) is 30.9 Å². The molecular formula is C10H14O2. The number of carbonyl (C=O) groups is 2. The van der Waals surface area contributed by atoms with Crippen molar-refractivity contribution in [1.82, 2.24) is 0 Å². The highest BCUT2D eigenvalue weighted by atomic mass is 16.1. The summed E-state index contributed by atoms with van der Waals surface area (Å²) in [6.45, 7) is 5.43. The van der Waals surface area contributed by atoms with Gasteiger partial charge < -0.3 is 0 Å². The molecule has 0 amide bonds. The molecule has 0 fully saturated rings. The smallest absolute Gasteiger partial charge is 0.159 e. The highest BCUT2D eigenvalue weighted by Crippen LogP contribution is 2.21. The zero-order valence-electron chi connectivity index (χ0n) is 7.81.